The number of hydrogen-bond donors (Lipinski definition) is 1. The first kappa shape index (κ1) is 16.7. The van der Waals surface area contributed by atoms with Crippen LogP contribution < -0.4 is 5.32 Å². The van der Waals surface area contributed by atoms with Crippen molar-refractivity contribution in [1.82, 2.24) is 14.3 Å². The van der Waals surface area contributed by atoms with Crippen molar-refractivity contribution in [3.05, 3.63) is 65.6 Å². The van der Waals surface area contributed by atoms with Gasteiger partial charge >= 0.3 is 0 Å². The number of benzene rings is 1. The Morgan fingerprint density at radius 3 is 2.68 bits per heavy atom. The van der Waals surface area contributed by atoms with Crippen LogP contribution in [-0.4, -0.2) is 39.7 Å². The molecule has 3 rings (SSSR count). The number of carbonyl (C=O) groups excluding carboxylic acids is 2. The van der Waals surface area contributed by atoms with E-state index in [4.69, 9.17) is 0 Å². The second kappa shape index (κ2) is 6.76. The molecule has 6 nitrogen and oxygen atoms in total. The van der Waals surface area contributed by atoms with E-state index < -0.39 is 0 Å². The zero-order valence-electron chi connectivity index (χ0n) is 14.5. The van der Waals surface area contributed by atoms with Gasteiger partial charge in [0, 0.05) is 37.1 Å². The molecule has 0 radical (unpaired) electrons. The summed E-state index contributed by atoms with van der Waals surface area (Å²) in [6.07, 6.45) is 3.71. The molecule has 0 aliphatic carbocycles. The maximum absolute atomic E-state index is 12.5. The van der Waals surface area contributed by atoms with E-state index in [1.165, 1.54) is 0 Å². The molecule has 2 amide bonds. The lowest BCUT2D eigenvalue weighted by Crippen LogP contribution is -2.26. The summed E-state index contributed by atoms with van der Waals surface area (Å²) in [6.45, 7) is 4.43. The van der Waals surface area contributed by atoms with Gasteiger partial charge in [0.2, 0.25) is 0 Å². The third-order valence-electron chi connectivity index (χ3n) is 4.02. The maximum Gasteiger partial charge on any atom is 0.255 e. The summed E-state index contributed by atoms with van der Waals surface area (Å²) in [4.78, 5) is 30.7. The molecule has 0 saturated heterocycles. The van der Waals surface area contributed by atoms with Gasteiger partial charge < -0.3 is 14.6 Å². The van der Waals surface area contributed by atoms with Gasteiger partial charge in [0.05, 0.1) is 11.4 Å². The van der Waals surface area contributed by atoms with E-state index >= 15 is 0 Å². The summed E-state index contributed by atoms with van der Waals surface area (Å²) in [6, 6.07) is 10.4. The van der Waals surface area contributed by atoms with Gasteiger partial charge in [-0.05, 0) is 44.2 Å². The molecule has 0 unspecified atom stereocenters. The van der Waals surface area contributed by atoms with Gasteiger partial charge in [-0.1, -0.05) is 6.07 Å². The number of aromatic nitrogens is 2. The SMILES string of the molecule is CCN(C)C(=O)c1cccc(C(=O)Nc2ccc3nc(C)cn3c2)c1. The van der Waals surface area contributed by atoms with Crippen molar-refractivity contribution >= 4 is 23.1 Å². The second-order valence-corrected chi connectivity index (χ2v) is 5.92. The number of rotatable bonds is 4. The van der Waals surface area contributed by atoms with E-state index in [-0.39, 0.29) is 11.8 Å². The number of carbonyl (C=O) groups is 2. The molecule has 2 aromatic heterocycles. The predicted molar refractivity (Wildman–Crippen MR) is 97.0 cm³/mol. The smallest absolute Gasteiger partial charge is 0.255 e. The first-order chi connectivity index (χ1) is 12.0. The van der Waals surface area contributed by atoms with Crippen molar-refractivity contribution in [2.45, 2.75) is 13.8 Å². The third kappa shape index (κ3) is 3.52. The van der Waals surface area contributed by atoms with Crippen LogP contribution in [0.25, 0.3) is 5.65 Å². The summed E-state index contributed by atoms with van der Waals surface area (Å²) in [7, 11) is 1.73. The van der Waals surface area contributed by atoms with E-state index in [1.807, 2.05) is 36.7 Å². The second-order valence-electron chi connectivity index (χ2n) is 5.92. The molecular formula is C19H20N4O2. The normalized spacial score (nSPS) is 10.7. The number of amides is 2. The molecular weight excluding hydrogens is 316 g/mol. The average Bonchev–Trinajstić information content (AvgIpc) is 2.99. The fourth-order valence-corrected chi connectivity index (χ4v) is 2.55. The Bertz CT molecular complexity index is 946. The molecule has 1 aromatic carbocycles. The van der Waals surface area contributed by atoms with Crippen LogP contribution in [-0.2, 0) is 0 Å². The topological polar surface area (TPSA) is 66.7 Å². The highest BCUT2D eigenvalue weighted by atomic mass is 16.2. The van der Waals surface area contributed by atoms with Gasteiger partial charge in [0.25, 0.3) is 11.8 Å². The summed E-state index contributed by atoms with van der Waals surface area (Å²) in [5.41, 5.74) is 3.34. The van der Waals surface area contributed by atoms with Crippen LogP contribution in [0, 0.1) is 6.92 Å². The Morgan fingerprint density at radius 1 is 1.16 bits per heavy atom. The van der Waals surface area contributed by atoms with E-state index in [1.54, 1.807) is 42.3 Å². The van der Waals surface area contributed by atoms with Crippen LogP contribution in [0.5, 0.6) is 0 Å². The highest BCUT2D eigenvalue weighted by Crippen LogP contribution is 2.14. The van der Waals surface area contributed by atoms with Gasteiger partial charge in [-0.15, -0.1) is 0 Å². The first-order valence-electron chi connectivity index (χ1n) is 8.10. The third-order valence-corrected chi connectivity index (χ3v) is 4.02. The molecule has 2 heterocycles. The molecule has 128 valence electrons. The van der Waals surface area contributed by atoms with Crippen LogP contribution in [0.1, 0.15) is 33.3 Å². The number of imidazole rings is 1. The minimum Gasteiger partial charge on any atom is -0.342 e. The Labute approximate surface area is 146 Å². The van der Waals surface area contributed by atoms with Gasteiger partial charge in [-0.25, -0.2) is 4.98 Å². The van der Waals surface area contributed by atoms with Crippen molar-refractivity contribution in [3.63, 3.8) is 0 Å². The molecule has 0 aliphatic rings. The van der Waals surface area contributed by atoms with E-state index in [9.17, 15) is 9.59 Å². The fourth-order valence-electron chi connectivity index (χ4n) is 2.55. The first-order valence-corrected chi connectivity index (χ1v) is 8.10. The number of anilines is 1. The zero-order chi connectivity index (χ0) is 18.0. The van der Waals surface area contributed by atoms with E-state index in [2.05, 4.69) is 10.3 Å². The monoisotopic (exact) mass is 336 g/mol. The lowest BCUT2D eigenvalue weighted by Gasteiger charge is -2.15. The summed E-state index contributed by atoms with van der Waals surface area (Å²) in [5.74, 6) is -0.363. The lowest BCUT2D eigenvalue weighted by atomic mass is 10.1. The van der Waals surface area contributed by atoms with Crippen LogP contribution in [0.4, 0.5) is 5.69 Å². The molecule has 0 saturated carbocycles. The van der Waals surface area contributed by atoms with Crippen molar-refractivity contribution in [2.24, 2.45) is 0 Å². The average molecular weight is 336 g/mol. The van der Waals surface area contributed by atoms with Gasteiger partial charge in [0.1, 0.15) is 5.65 Å². The Balaban J connectivity index is 1.81. The summed E-state index contributed by atoms with van der Waals surface area (Å²) < 4.78 is 1.86. The van der Waals surface area contributed by atoms with Gasteiger partial charge in [0.15, 0.2) is 0 Å². The number of nitrogens with one attached hydrogen (secondary N) is 1. The lowest BCUT2D eigenvalue weighted by molar-refractivity contribution is 0.0802. The number of nitrogens with zero attached hydrogens (tertiary/aromatic N) is 3. The standard InChI is InChI=1S/C19H20N4O2/c1-4-22(3)19(25)15-7-5-6-14(10-15)18(24)21-16-8-9-17-20-13(2)11-23(17)12-16/h5-12H,4H2,1-3H3,(H,21,24). The van der Waals surface area contributed by atoms with Crippen LogP contribution in [0.15, 0.2) is 48.8 Å². The Hall–Kier alpha value is -3.15. The van der Waals surface area contributed by atoms with Crippen LogP contribution in [0.3, 0.4) is 0 Å². The van der Waals surface area contributed by atoms with Crippen molar-refractivity contribution in [3.8, 4) is 0 Å². The highest BCUT2D eigenvalue weighted by Gasteiger charge is 2.13. The molecule has 0 atom stereocenters. The van der Waals surface area contributed by atoms with Crippen molar-refractivity contribution in [1.29, 1.82) is 0 Å². The van der Waals surface area contributed by atoms with E-state index in [0.29, 0.717) is 23.4 Å². The Morgan fingerprint density at radius 2 is 1.92 bits per heavy atom. The van der Waals surface area contributed by atoms with Gasteiger partial charge in [-0.2, -0.15) is 0 Å². The minimum atomic E-state index is -0.259. The molecule has 0 fully saturated rings. The number of aryl methyl sites for hydroxylation is 1. The predicted octanol–water partition coefficient (Wildman–Crippen LogP) is 2.99. The molecule has 0 bridgehead atoms. The van der Waals surface area contributed by atoms with Crippen molar-refractivity contribution < 1.29 is 9.59 Å². The largest absolute Gasteiger partial charge is 0.342 e. The highest BCUT2D eigenvalue weighted by molar-refractivity contribution is 6.06. The van der Waals surface area contributed by atoms with Gasteiger partial charge in [-0.3, -0.25) is 9.59 Å². The summed E-state index contributed by atoms with van der Waals surface area (Å²) >= 11 is 0. The fraction of sp³-hybridized carbons (Fsp3) is 0.211. The molecule has 3 aromatic rings. The quantitative estimate of drug-likeness (QED) is 0.796. The minimum absolute atomic E-state index is 0.104. The number of hydrogen-bond acceptors (Lipinski definition) is 3. The molecule has 0 spiro atoms. The molecule has 25 heavy (non-hydrogen) atoms. The summed E-state index contributed by atoms with van der Waals surface area (Å²) in [5, 5.41) is 2.86. The molecule has 1 N–H and O–H groups in total. The van der Waals surface area contributed by atoms with E-state index in [0.717, 1.165) is 11.3 Å². The molecule has 6 heteroatoms. The van der Waals surface area contributed by atoms with Crippen LogP contribution in [0.2, 0.25) is 0 Å². The number of fused-ring (bicyclic) bond motifs is 1. The number of pyridine rings is 1. The Kier molecular flexibility index (Phi) is 4.52. The molecule has 0 aliphatic heterocycles. The van der Waals surface area contributed by atoms with Crippen molar-refractivity contribution in [2.75, 3.05) is 18.9 Å². The maximum atomic E-state index is 12.5. The zero-order valence-corrected chi connectivity index (χ0v) is 14.5. The van der Waals surface area contributed by atoms with Crippen LogP contribution >= 0.6 is 0 Å².